The number of anilines is 2. The van der Waals surface area contributed by atoms with Gasteiger partial charge in [-0.3, -0.25) is 4.79 Å². The minimum Gasteiger partial charge on any atom is -0.489 e. The number of halogens is 1. The Bertz CT molecular complexity index is 1790. The molecule has 6 rings (SSSR count). The smallest absolute Gasteiger partial charge is 0.255 e. The number of hydrogen-bond donors (Lipinski definition) is 2. The molecule has 4 aromatic carbocycles. The van der Waals surface area contributed by atoms with E-state index in [9.17, 15) is 4.79 Å². The molecule has 0 spiro atoms. The summed E-state index contributed by atoms with van der Waals surface area (Å²) < 4.78 is 7.82. The van der Waals surface area contributed by atoms with Crippen molar-refractivity contribution in [3.8, 4) is 5.75 Å². The molecule has 0 saturated heterocycles. The molecule has 216 valence electrons. The number of aryl methyl sites for hydroxylation is 1. The molecule has 1 atom stereocenters. The first-order chi connectivity index (χ1) is 21.0. The van der Waals surface area contributed by atoms with Crippen LogP contribution < -0.4 is 15.4 Å². The van der Waals surface area contributed by atoms with E-state index in [1.54, 1.807) is 16.4 Å². The van der Waals surface area contributed by atoms with Crippen LogP contribution in [0, 0.1) is 6.92 Å². The van der Waals surface area contributed by atoms with Gasteiger partial charge in [-0.2, -0.15) is 4.98 Å². The average Bonchev–Trinajstić information content (AvgIpc) is 3.43. The van der Waals surface area contributed by atoms with Crippen molar-refractivity contribution in [2.75, 3.05) is 10.6 Å². The summed E-state index contributed by atoms with van der Waals surface area (Å²) in [5.41, 5.74) is 6.00. The van der Waals surface area contributed by atoms with Gasteiger partial charge in [0.25, 0.3) is 5.91 Å². The normalized spacial score (nSPS) is 14.2. The summed E-state index contributed by atoms with van der Waals surface area (Å²) >= 11 is 7.86. The summed E-state index contributed by atoms with van der Waals surface area (Å²) in [7, 11) is 0. The van der Waals surface area contributed by atoms with E-state index in [4.69, 9.17) is 26.4 Å². The van der Waals surface area contributed by atoms with Crippen LogP contribution in [0.15, 0.2) is 120 Å². The first-order valence-corrected chi connectivity index (χ1v) is 15.3. The molecule has 2 heterocycles. The fourth-order valence-corrected chi connectivity index (χ4v) is 5.92. The van der Waals surface area contributed by atoms with Gasteiger partial charge in [0.1, 0.15) is 18.4 Å². The van der Waals surface area contributed by atoms with Crippen molar-refractivity contribution < 1.29 is 9.53 Å². The average molecular weight is 608 g/mol. The number of hydrogen-bond acceptors (Lipinski definition) is 6. The van der Waals surface area contributed by atoms with E-state index in [0.717, 1.165) is 33.8 Å². The number of nitrogens with zero attached hydrogens (tertiary/aromatic N) is 3. The van der Waals surface area contributed by atoms with Crippen LogP contribution in [0.2, 0.25) is 5.02 Å². The zero-order valence-electron chi connectivity index (χ0n) is 23.8. The van der Waals surface area contributed by atoms with E-state index in [-0.39, 0.29) is 5.91 Å². The van der Waals surface area contributed by atoms with Crippen LogP contribution in [0.4, 0.5) is 11.6 Å². The van der Waals surface area contributed by atoms with Gasteiger partial charge in [0, 0.05) is 27.7 Å². The highest BCUT2D eigenvalue weighted by Gasteiger charge is 2.34. The Kier molecular flexibility index (Phi) is 8.49. The van der Waals surface area contributed by atoms with Gasteiger partial charge in [-0.25, -0.2) is 4.68 Å². The molecule has 5 aromatic rings. The number of benzene rings is 4. The Morgan fingerprint density at radius 2 is 1.67 bits per heavy atom. The molecule has 1 unspecified atom stereocenters. The molecule has 0 aliphatic carbocycles. The van der Waals surface area contributed by atoms with Gasteiger partial charge < -0.3 is 15.4 Å². The minimum atomic E-state index is -0.503. The van der Waals surface area contributed by atoms with Gasteiger partial charge >= 0.3 is 0 Å². The summed E-state index contributed by atoms with van der Waals surface area (Å²) in [6, 6.07) is 32.8. The summed E-state index contributed by atoms with van der Waals surface area (Å²) in [4.78, 5) is 18.7. The predicted molar refractivity (Wildman–Crippen MR) is 173 cm³/mol. The number of rotatable bonds is 9. The predicted octanol–water partition coefficient (Wildman–Crippen LogP) is 8.04. The van der Waals surface area contributed by atoms with Crippen molar-refractivity contribution in [2.24, 2.45) is 0 Å². The van der Waals surface area contributed by atoms with Crippen LogP contribution in [0.1, 0.15) is 35.2 Å². The van der Waals surface area contributed by atoms with Crippen LogP contribution >= 0.6 is 23.4 Å². The van der Waals surface area contributed by atoms with Crippen LogP contribution in [0.25, 0.3) is 0 Å². The molecule has 0 fully saturated rings. The van der Waals surface area contributed by atoms with Crippen molar-refractivity contribution in [2.45, 2.75) is 37.4 Å². The molecule has 0 bridgehead atoms. The van der Waals surface area contributed by atoms with E-state index >= 15 is 0 Å². The Morgan fingerprint density at radius 1 is 0.953 bits per heavy atom. The molecular weight excluding hydrogens is 578 g/mol. The number of carbonyl (C=O) groups is 1. The highest BCUT2D eigenvalue weighted by molar-refractivity contribution is 7.98. The largest absolute Gasteiger partial charge is 0.489 e. The Morgan fingerprint density at radius 3 is 2.44 bits per heavy atom. The lowest BCUT2D eigenvalue weighted by Crippen LogP contribution is -2.31. The van der Waals surface area contributed by atoms with Crippen molar-refractivity contribution in [1.29, 1.82) is 0 Å². The molecular formula is C34H30ClN5O2S. The van der Waals surface area contributed by atoms with Gasteiger partial charge in [-0.05, 0) is 54.8 Å². The van der Waals surface area contributed by atoms with E-state index in [0.29, 0.717) is 34.1 Å². The van der Waals surface area contributed by atoms with E-state index in [2.05, 4.69) is 22.8 Å². The zero-order valence-corrected chi connectivity index (χ0v) is 25.3. The van der Waals surface area contributed by atoms with Crippen molar-refractivity contribution >= 4 is 40.9 Å². The third-order valence-corrected chi connectivity index (χ3v) is 8.51. The number of aromatic nitrogens is 3. The highest BCUT2D eigenvalue weighted by Crippen LogP contribution is 2.38. The summed E-state index contributed by atoms with van der Waals surface area (Å²) in [5.74, 6) is 1.81. The number of fused-ring (bicyclic) bond motifs is 1. The number of carbonyl (C=O) groups excluding carboxylic acids is 1. The lowest BCUT2D eigenvalue weighted by molar-refractivity contribution is -0.113. The topological polar surface area (TPSA) is 81.1 Å². The summed E-state index contributed by atoms with van der Waals surface area (Å²) in [6.07, 6.45) is 0. The van der Waals surface area contributed by atoms with Gasteiger partial charge in [-0.1, -0.05) is 102 Å². The maximum atomic E-state index is 13.9. The molecule has 0 saturated carbocycles. The Hall–Kier alpha value is -4.53. The molecule has 1 amide bonds. The lowest BCUT2D eigenvalue weighted by Gasteiger charge is -2.29. The van der Waals surface area contributed by atoms with Crippen LogP contribution in [0.5, 0.6) is 5.75 Å². The SMILES string of the molecule is CC1=C(C(=O)Nc2ccccc2C)C(c2ccc(OCc3ccccc3Cl)cc2)n2nc(SCc3ccccc3)nc2N1. The summed E-state index contributed by atoms with van der Waals surface area (Å²) in [5, 5.41) is 12.6. The first-order valence-electron chi connectivity index (χ1n) is 13.9. The van der Waals surface area contributed by atoms with E-state index < -0.39 is 6.04 Å². The third-order valence-electron chi connectivity index (χ3n) is 7.23. The molecule has 43 heavy (non-hydrogen) atoms. The quantitative estimate of drug-likeness (QED) is 0.165. The van der Waals surface area contributed by atoms with Crippen LogP contribution in [0.3, 0.4) is 0 Å². The fourth-order valence-electron chi connectivity index (χ4n) is 4.94. The summed E-state index contributed by atoms with van der Waals surface area (Å²) in [6.45, 7) is 4.22. The van der Waals surface area contributed by atoms with Gasteiger partial charge in [0.15, 0.2) is 0 Å². The Labute approximate surface area is 260 Å². The third kappa shape index (κ3) is 6.45. The standard InChI is InChI=1S/C34H30ClN5O2S/c1-22-10-6-9-15-29(22)37-32(41)30-23(2)36-33-38-34(43-21-24-11-4-3-5-12-24)39-40(33)31(30)25-16-18-27(19-17-25)42-20-26-13-7-8-14-28(26)35/h3-19,31H,20-21H2,1-2H3,(H,37,41)(H,36,38,39). The number of amides is 1. The van der Waals surface area contributed by atoms with Gasteiger partial charge in [0.2, 0.25) is 11.1 Å². The molecule has 2 N–H and O–H groups in total. The van der Waals surface area contributed by atoms with Crippen molar-refractivity contribution in [3.63, 3.8) is 0 Å². The lowest BCUT2D eigenvalue weighted by atomic mass is 9.95. The van der Waals surface area contributed by atoms with Gasteiger partial charge in [-0.15, -0.1) is 5.10 Å². The molecule has 1 aromatic heterocycles. The number of thioether (sulfide) groups is 1. The number of nitrogens with one attached hydrogen (secondary N) is 2. The molecule has 1 aliphatic heterocycles. The highest BCUT2D eigenvalue weighted by atomic mass is 35.5. The Balaban J connectivity index is 1.30. The second-order valence-corrected chi connectivity index (χ2v) is 11.6. The maximum absolute atomic E-state index is 13.9. The van der Waals surface area contributed by atoms with Crippen LogP contribution in [-0.4, -0.2) is 20.7 Å². The van der Waals surface area contributed by atoms with Crippen LogP contribution in [-0.2, 0) is 17.2 Å². The monoisotopic (exact) mass is 607 g/mol. The second-order valence-electron chi connectivity index (χ2n) is 10.2. The molecule has 0 radical (unpaired) electrons. The number of allylic oxidation sites excluding steroid dienone is 1. The van der Waals surface area contributed by atoms with Gasteiger partial charge in [0.05, 0.1) is 5.57 Å². The molecule has 1 aliphatic rings. The number of ether oxygens (including phenoxy) is 1. The van der Waals surface area contributed by atoms with E-state index in [1.807, 2.05) is 105 Å². The van der Waals surface area contributed by atoms with Crippen molar-refractivity contribution in [3.05, 3.63) is 142 Å². The fraction of sp³-hybridized carbons (Fsp3) is 0.147. The first kappa shape index (κ1) is 28.6. The zero-order chi connectivity index (χ0) is 29.8. The van der Waals surface area contributed by atoms with E-state index in [1.165, 1.54) is 5.56 Å². The maximum Gasteiger partial charge on any atom is 0.255 e. The molecule has 7 nitrogen and oxygen atoms in total. The second kappa shape index (κ2) is 12.8. The number of para-hydroxylation sites is 1. The minimum absolute atomic E-state index is 0.206. The van der Waals surface area contributed by atoms with Crippen molar-refractivity contribution in [1.82, 2.24) is 14.8 Å². The molecule has 9 heteroatoms.